The van der Waals surface area contributed by atoms with E-state index in [4.69, 9.17) is 5.73 Å². The molecule has 6 heteroatoms. The van der Waals surface area contributed by atoms with Crippen molar-refractivity contribution in [3.63, 3.8) is 0 Å². The number of nitrogens with zero attached hydrogens (tertiary/aromatic N) is 3. The number of rotatable bonds is 2. The van der Waals surface area contributed by atoms with Gasteiger partial charge < -0.3 is 10.6 Å². The van der Waals surface area contributed by atoms with Gasteiger partial charge in [0.15, 0.2) is 0 Å². The van der Waals surface area contributed by atoms with Crippen molar-refractivity contribution in [3.05, 3.63) is 27.9 Å². The molecule has 0 aromatic carbocycles. The van der Waals surface area contributed by atoms with Crippen LogP contribution in [0.25, 0.3) is 0 Å². The van der Waals surface area contributed by atoms with E-state index in [2.05, 4.69) is 4.98 Å². The van der Waals surface area contributed by atoms with E-state index in [0.717, 1.165) is 31.6 Å². The summed E-state index contributed by atoms with van der Waals surface area (Å²) in [6.07, 6.45) is 1.71. The fourth-order valence-electron chi connectivity index (χ4n) is 2.02. The van der Waals surface area contributed by atoms with Crippen molar-refractivity contribution in [3.8, 4) is 0 Å². The summed E-state index contributed by atoms with van der Waals surface area (Å²) in [7, 11) is 0. The highest BCUT2D eigenvalue weighted by Gasteiger charge is 2.24. The lowest BCUT2D eigenvalue weighted by Gasteiger charge is -2.30. The van der Waals surface area contributed by atoms with Crippen LogP contribution < -0.4 is 10.6 Å². The molecule has 1 saturated heterocycles. The molecule has 0 atom stereocenters. The summed E-state index contributed by atoms with van der Waals surface area (Å²) in [5.74, 6) is 0.474. The van der Waals surface area contributed by atoms with Crippen molar-refractivity contribution in [2.24, 2.45) is 5.73 Å². The van der Waals surface area contributed by atoms with Crippen molar-refractivity contribution >= 4 is 11.5 Å². The highest BCUT2D eigenvalue weighted by Crippen LogP contribution is 2.28. The van der Waals surface area contributed by atoms with E-state index in [1.165, 1.54) is 6.07 Å². The van der Waals surface area contributed by atoms with Crippen LogP contribution in [0.2, 0.25) is 0 Å². The van der Waals surface area contributed by atoms with Crippen molar-refractivity contribution < 1.29 is 4.92 Å². The van der Waals surface area contributed by atoms with E-state index in [-0.39, 0.29) is 16.7 Å². The van der Waals surface area contributed by atoms with Gasteiger partial charge in [-0.1, -0.05) is 0 Å². The molecule has 92 valence electrons. The Labute approximate surface area is 99.6 Å². The average molecular weight is 236 g/mol. The molecule has 6 nitrogen and oxygen atoms in total. The largest absolute Gasteiger partial charge is 0.351 e. The van der Waals surface area contributed by atoms with Crippen LogP contribution >= 0.6 is 0 Å². The summed E-state index contributed by atoms with van der Waals surface area (Å²) < 4.78 is 0. The van der Waals surface area contributed by atoms with Gasteiger partial charge in [0.05, 0.1) is 4.92 Å². The minimum Gasteiger partial charge on any atom is -0.351 e. The summed E-state index contributed by atoms with van der Waals surface area (Å²) in [5, 5.41) is 11.0. The Morgan fingerprint density at radius 2 is 2.12 bits per heavy atom. The quantitative estimate of drug-likeness (QED) is 0.616. The smallest absolute Gasteiger partial charge is 0.311 e. The zero-order chi connectivity index (χ0) is 12.4. The van der Waals surface area contributed by atoms with Gasteiger partial charge in [0.2, 0.25) is 5.82 Å². The third kappa shape index (κ3) is 2.52. The number of pyridine rings is 1. The second-order valence-corrected chi connectivity index (χ2v) is 4.38. The molecule has 0 bridgehead atoms. The predicted octanol–water partition coefficient (Wildman–Crippen LogP) is 1.23. The van der Waals surface area contributed by atoms with Crippen molar-refractivity contribution in [1.29, 1.82) is 0 Å². The number of nitrogens with two attached hydrogens (primary N) is 1. The second-order valence-electron chi connectivity index (χ2n) is 4.38. The first kappa shape index (κ1) is 11.8. The standard InChI is InChI=1S/C11H16N4O2/c1-8-2-3-10(15(16)17)11(13-8)14-6-4-9(12)5-7-14/h2-3,9H,4-7,12H2,1H3. The zero-order valence-corrected chi connectivity index (χ0v) is 9.80. The maximum atomic E-state index is 11.0. The molecule has 2 heterocycles. The van der Waals surface area contributed by atoms with Crippen LogP contribution in [0.3, 0.4) is 0 Å². The Morgan fingerprint density at radius 3 is 2.71 bits per heavy atom. The van der Waals surface area contributed by atoms with Gasteiger partial charge in [0.25, 0.3) is 0 Å². The monoisotopic (exact) mass is 236 g/mol. The van der Waals surface area contributed by atoms with Gasteiger partial charge >= 0.3 is 5.69 Å². The highest BCUT2D eigenvalue weighted by atomic mass is 16.6. The van der Waals surface area contributed by atoms with E-state index < -0.39 is 0 Å². The number of anilines is 1. The molecule has 0 aliphatic carbocycles. The predicted molar refractivity (Wildman–Crippen MR) is 65.1 cm³/mol. The molecule has 2 N–H and O–H groups in total. The first-order valence-electron chi connectivity index (χ1n) is 5.70. The second kappa shape index (κ2) is 4.67. The lowest BCUT2D eigenvalue weighted by atomic mass is 10.1. The number of hydrogen-bond acceptors (Lipinski definition) is 5. The van der Waals surface area contributed by atoms with Crippen LogP contribution in [0.15, 0.2) is 12.1 Å². The van der Waals surface area contributed by atoms with E-state index in [1.54, 1.807) is 6.07 Å². The van der Waals surface area contributed by atoms with Gasteiger partial charge in [0.1, 0.15) is 0 Å². The van der Waals surface area contributed by atoms with Crippen LogP contribution in [-0.4, -0.2) is 29.0 Å². The van der Waals surface area contributed by atoms with Crippen LogP contribution in [0.5, 0.6) is 0 Å². The van der Waals surface area contributed by atoms with Gasteiger partial charge in [-0.25, -0.2) is 4.98 Å². The Kier molecular flexibility index (Phi) is 3.23. The van der Waals surface area contributed by atoms with Gasteiger partial charge in [-0.15, -0.1) is 0 Å². The summed E-state index contributed by atoms with van der Waals surface area (Å²) >= 11 is 0. The molecule has 17 heavy (non-hydrogen) atoms. The van der Waals surface area contributed by atoms with Gasteiger partial charge in [-0.05, 0) is 25.8 Å². The van der Waals surface area contributed by atoms with Gasteiger partial charge in [0, 0.05) is 30.9 Å². The number of aromatic nitrogens is 1. The fourth-order valence-corrected chi connectivity index (χ4v) is 2.02. The maximum Gasteiger partial charge on any atom is 0.311 e. The minimum absolute atomic E-state index is 0.0751. The van der Waals surface area contributed by atoms with E-state index >= 15 is 0 Å². The van der Waals surface area contributed by atoms with Crippen LogP contribution in [-0.2, 0) is 0 Å². The maximum absolute atomic E-state index is 11.0. The molecule has 1 aromatic heterocycles. The molecule has 1 aromatic rings. The lowest BCUT2D eigenvalue weighted by Crippen LogP contribution is -2.40. The topological polar surface area (TPSA) is 85.3 Å². The Hall–Kier alpha value is -1.69. The van der Waals surface area contributed by atoms with Crippen LogP contribution in [0, 0.1) is 17.0 Å². The molecule has 2 rings (SSSR count). The fraction of sp³-hybridized carbons (Fsp3) is 0.545. The lowest BCUT2D eigenvalue weighted by molar-refractivity contribution is -0.384. The first-order valence-corrected chi connectivity index (χ1v) is 5.70. The molecule has 0 amide bonds. The molecular weight excluding hydrogens is 220 g/mol. The van der Waals surface area contributed by atoms with Crippen LogP contribution in [0.1, 0.15) is 18.5 Å². The summed E-state index contributed by atoms with van der Waals surface area (Å²) in [4.78, 5) is 16.8. The molecule has 0 radical (unpaired) electrons. The number of nitro groups is 1. The molecule has 1 aliphatic rings. The zero-order valence-electron chi connectivity index (χ0n) is 9.80. The third-order valence-corrected chi connectivity index (χ3v) is 3.03. The van der Waals surface area contributed by atoms with Gasteiger partial charge in [-0.3, -0.25) is 10.1 Å². The van der Waals surface area contributed by atoms with E-state index in [9.17, 15) is 10.1 Å². The number of aryl methyl sites for hydroxylation is 1. The third-order valence-electron chi connectivity index (χ3n) is 3.03. The van der Waals surface area contributed by atoms with E-state index in [0.29, 0.717) is 5.82 Å². The SMILES string of the molecule is Cc1ccc([N+](=O)[O-])c(N2CCC(N)CC2)n1. The molecule has 1 fully saturated rings. The minimum atomic E-state index is -0.379. The average Bonchev–Trinajstić information content (AvgIpc) is 2.29. The summed E-state index contributed by atoms with van der Waals surface area (Å²) in [6.45, 7) is 3.31. The summed E-state index contributed by atoms with van der Waals surface area (Å²) in [5.41, 5.74) is 6.69. The summed E-state index contributed by atoms with van der Waals surface area (Å²) in [6, 6.07) is 3.39. The molecule has 1 aliphatic heterocycles. The number of hydrogen-bond donors (Lipinski definition) is 1. The van der Waals surface area contributed by atoms with Crippen molar-refractivity contribution in [1.82, 2.24) is 4.98 Å². The Balaban J connectivity index is 2.30. The van der Waals surface area contributed by atoms with Crippen molar-refractivity contribution in [2.45, 2.75) is 25.8 Å². The highest BCUT2D eigenvalue weighted by molar-refractivity contribution is 5.58. The Bertz CT molecular complexity index is 427. The first-order chi connectivity index (χ1) is 8.08. The van der Waals surface area contributed by atoms with E-state index in [1.807, 2.05) is 11.8 Å². The molecule has 0 spiro atoms. The van der Waals surface area contributed by atoms with Crippen LogP contribution in [0.4, 0.5) is 11.5 Å². The molecule has 0 saturated carbocycles. The van der Waals surface area contributed by atoms with Crippen molar-refractivity contribution in [2.75, 3.05) is 18.0 Å². The Morgan fingerprint density at radius 1 is 1.47 bits per heavy atom. The number of piperidine rings is 1. The normalized spacial score (nSPS) is 17.2. The van der Waals surface area contributed by atoms with Gasteiger partial charge in [-0.2, -0.15) is 0 Å². The molecular formula is C11H16N4O2. The molecule has 0 unspecified atom stereocenters.